The molecule has 140 valence electrons. The SMILES string of the molecule is O=C(NCCn1ncc2c(=O)n(Cc3ccccc3)cnc21)c1cnccn1. The van der Waals surface area contributed by atoms with E-state index in [1.54, 1.807) is 9.25 Å². The maximum absolute atomic E-state index is 12.7. The van der Waals surface area contributed by atoms with E-state index in [1.165, 1.54) is 31.1 Å². The molecule has 0 saturated heterocycles. The summed E-state index contributed by atoms with van der Waals surface area (Å²) in [6.45, 7) is 1.15. The smallest absolute Gasteiger partial charge is 0.271 e. The topological polar surface area (TPSA) is 108 Å². The zero-order valence-corrected chi connectivity index (χ0v) is 14.9. The first-order chi connectivity index (χ1) is 13.7. The zero-order valence-electron chi connectivity index (χ0n) is 14.9. The Labute approximate surface area is 159 Å². The number of benzene rings is 1. The van der Waals surface area contributed by atoms with Crippen LogP contribution in [-0.4, -0.2) is 41.8 Å². The number of carbonyl (C=O) groups is 1. The lowest BCUT2D eigenvalue weighted by molar-refractivity contribution is 0.0946. The second-order valence-corrected chi connectivity index (χ2v) is 6.11. The van der Waals surface area contributed by atoms with Gasteiger partial charge in [0.1, 0.15) is 17.4 Å². The van der Waals surface area contributed by atoms with Gasteiger partial charge in [-0.2, -0.15) is 5.10 Å². The van der Waals surface area contributed by atoms with Crippen molar-refractivity contribution in [1.82, 2.24) is 34.6 Å². The fraction of sp³-hybridized carbons (Fsp3) is 0.158. The number of nitrogens with one attached hydrogen (secondary N) is 1. The van der Waals surface area contributed by atoms with Gasteiger partial charge in [0, 0.05) is 18.9 Å². The van der Waals surface area contributed by atoms with Gasteiger partial charge in [-0.1, -0.05) is 30.3 Å². The Bertz CT molecular complexity index is 1150. The van der Waals surface area contributed by atoms with Crippen molar-refractivity contribution in [2.24, 2.45) is 0 Å². The highest BCUT2D eigenvalue weighted by molar-refractivity contribution is 5.91. The van der Waals surface area contributed by atoms with Gasteiger partial charge in [-0.3, -0.25) is 19.1 Å². The minimum Gasteiger partial charge on any atom is -0.349 e. The molecule has 0 aliphatic rings. The molecule has 9 nitrogen and oxygen atoms in total. The number of nitrogens with zero attached hydrogens (tertiary/aromatic N) is 6. The van der Waals surface area contributed by atoms with Crippen molar-refractivity contribution in [3.05, 3.63) is 83.1 Å². The van der Waals surface area contributed by atoms with Crippen LogP contribution in [0.1, 0.15) is 16.1 Å². The molecule has 28 heavy (non-hydrogen) atoms. The van der Waals surface area contributed by atoms with Crippen LogP contribution in [0.3, 0.4) is 0 Å². The van der Waals surface area contributed by atoms with Crippen molar-refractivity contribution in [3.8, 4) is 0 Å². The van der Waals surface area contributed by atoms with Gasteiger partial charge in [0.05, 0.1) is 25.5 Å². The van der Waals surface area contributed by atoms with Gasteiger partial charge in [0.15, 0.2) is 5.65 Å². The summed E-state index contributed by atoms with van der Waals surface area (Å²) < 4.78 is 3.15. The molecular formula is C19H17N7O2. The number of hydrogen-bond donors (Lipinski definition) is 1. The zero-order chi connectivity index (χ0) is 19.3. The first-order valence-electron chi connectivity index (χ1n) is 8.71. The van der Waals surface area contributed by atoms with Crippen LogP contribution in [0.25, 0.3) is 11.0 Å². The van der Waals surface area contributed by atoms with Crippen molar-refractivity contribution in [1.29, 1.82) is 0 Å². The third kappa shape index (κ3) is 3.63. The summed E-state index contributed by atoms with van der Waals surface area (Å²) in [6.07, 6.45) is 7.39. The van der Waals surface area contributed by atoms with Gasteiger partial charge < -0.3 is 5.32 Å². The maximum atomic E-state index is 12.7. The first kappa shape index (κ1) is 17.5. The average molecular weight is 375 g/mol. The molecular weight excluding hydrogens is 358 g/mol. The standard InChI is InChI=1S/C19H17N7O2/c27-18(16-11-20-6-7-21-16)22-8-9-26-17-15(10-24-26)19(28)25(13-23-17)12-14-4-2-1-3-5-14/h1-7,10-11,13H,8-9,12H2,(H,22,27). The van der Waals surface area contributed by atoms with Gasteiger partial charge in [-0.15, -0.1) is 0 Å². The molecule has 1 amide bonds. The number of rotatable bonds is 6. The van der Waals surface area contributed by atoms with Crippen LogP contribution in [0, 0.1) is 0 Å². The highest BCUT2D eigenvalue weighted by atomic mass is 16.2. The van der Waals surface area contributed by atoms with E-state index in [9.17, 15) is 9.59 Å². The summed E-state index contributed by atoms with van der Waals surface area (Å²) in [6, 6.07) is 9.71. The maximum Gasteiger partial charge on any atom is 0.271 e. The molecule has 1 aromatic carbocycles. The number of amides is 1. The third-order valence-electron chi connectivity index (χ3n) is 4.22. The quantitative estimate of drug-likeness (QED) is 0.536. The van der Waals surface area contributed by atoms with Gasteiger partial charge in [0.25, 0.3) is 11.5 Å². The van der Waals surface area contributed by atoms with Crippen LogP contribution in [0.2, 0.25) is 0 Å². The van der Waals surface area contributed by atoms with Crippen molar-refractivity contribution in [3.63, 3.8) is 0 Å². The number of aromatic nitrogens is 6. The third-order valence-corrected chi connectivity index (χ3v) is 4.22. The lowest BCUT2D eigenvalue weighted by Gasteiger charge is -2.07. The Kier molecular flexibility index (Phi) is 4.87. The molecule has 0 aliphatic heterocycles. The average Bonchev–Trinajstić information content (AvgIpc) is 3.15. The first-order valence-corrected chi connectivity index (χ1v) is 8.71. The van der Waals surface area contributed by atoms with Crippen LogP contribution in [0.15, 0.2) is 66.2 Å². The van der Waals surface area contributed by atoms with E-state index in [4.69, 9.17) is 0 Å². The molecule has 9 heteroatoms. The molecule has 0 fully saturated rings. The monoisotopic (exact) mass is 375 g/mol. The summed E-state index contributed by atoms with van der Waals surface area (Å²) in [7, 11) is 0. The molecule has 3 aromatic heterocycles. The molecule has 0 radical (unpaired) electrons. The second-order valence-electron chi connectivity index (χ2n) is 6.11. The van der Waals surface area contributed by atoms with Gasteiger partial charge in [0.2, 0.25) is 0 Å². The molecule has 0 atom stereocenters. The predicted octanol–water partition coefficient (Wildman–Crippen LogP) is 0.861. The van der Waals surface area contributed by atoms with Crippen LogP contribution >= 0.6 is 0 Å². The normalized spacial score (nSPS) is 10.9. The molecule has 0 unspecified atom stereocenters. The van der Waals surface area contributed by atoms with Gasteiger partial charge >= 0.3 is 0 Å². The fourth-order valence-corrected chi connectivity index (χ4v) is 2.84. The molecule has 0 aliphatic carbocycles. The van der Waals surface area contributed by atoms with E-state index in [0.29, 0.717) is 30.7 Å². The van der Waals surface area contributed by atoms with Crippen LogP contribution in [0.5, 0.6) is 0 Å². The Morgan fingerprint density at radius 3 is 2.71 bits per heavy atom. The highest BCUT2D eigenvalue weighted by Gasteiger charge is 2.11. The predicted molar refractivity (Wildman–Crippen MR) is 102 cm³/mol. The van der Waals surface area contributed by atoms with Crippen molar-refractivity contribution in [2.75, 3.05) is 6.54 Å². The molecule has 0 spiro atoms. The van der Waals surface area contributed by atoms with Crippen molar-refractivity contribution in [2.45, 2.75) is 13.1 Å². The number of carbonyl (C=O) groups excluding carboxylic acids is 1. The highest BCUT2D eigenvalue weighted by Crippen LogP contribution is 2.07. The largest absolute Gasteiger partial charge is 0.349 e. The Morgan fingerprint density at radius 1 is 1.07 bits per heavy atom. The second kappa shape index (κ2) is 7.78. The summed E-state index contributed by atoms with van der Waals surface area (Å²) in [5.74, 6) is -0.317. The minimum atomic E-state index is -0.317. The number of hydrogen-bond acceptors (Lipinski definition) is 6. The van der Waals surface area contributed by atoms with Gasteiger partial charge in [-0.25, -0.2) is 14.6 Å². The summed E-state index contributed by atoms with van der Waals surface area (Å²) in [5, 5.41) is 7.43. The minimum absolute atomic E-state index is 0.149. The molecule has 0 bridgehead atoms. The van der Waals surface area contributed by atoms with E-state index in [0.717, 1.165) is 5.56 Å². The fourth-order valence-electron chi connectivity index (χ4n) is 2.84. The molecule has 4 aromatic rings. The van der Waals surface area contributed by atoms with Crippen LogP contribution in [0.4, 0.5) is 0 Å². The molecule has 3 heterocycles. The Morgan fingerprint density at radius 2 is 1.93 bits per heavy atom. The van der Waals surface area contributed by atoms with E-state index in [1.807, 2.05) is 30.3 Å². The molecule has 4 rings (SSSR count). The number of fused-ring (bicyclic) bond motifs is 1. The van der Waals surface area contributed by atoms with Crippen molar-refractivity contribution < 1.29 is 4.79 Å². The lowest BCUT2D eigenvalue weighted by Crippen LogP contribution is -2.28. The Balaban J connectivity index is 1.46. The lowest BCUT2D eigenvalue weighted by atomic mass is 10.2. The summed E-state index contributed by atoms with van der Waals surface area (Å²) in [4.78, 5) is 36.9. The van der Waals surface area contributed by atoms with Gasteiger partial charge in [-0.05, 0) is 5.56 Å². The van der Waals surface area contributed by atoms with E-state index in [-0.39, 0.29) is 17.2 Å². The molecule has 0 saturated carbocycles. The van der Waals surface area contributed by atoms with Crippen LogP contribution in [-0.2, 0) is 13.1 Å². The van der Waals surface area contributed by atoms with Crippen LogP contribution < -0.4 is 10.9 Å². The summed E-state index contributed by atoms with van der Waals surface area (Å²) in [5.41, 5.74) is 1.60. The Hall–Kier alpha value is -3.88. The molecule has 1 N–H and O–H groups in total. The van der Waals surface area contributed by atoms with E-state index >= 15 is 0 Å². The van der Waals surface area contributed by atoms with Crippen molar-refractivity contribution >= 4 is 16.9 Å². The van der Waals surface area contributed by atoms with E-state index < -0.39 is 0 Å². The van der Waals surface area contributed by atoms with E-state index in [2.05, 4.69) is 25.4 Å². The summed E-state index contributed by atoms with van der Waals surface area (Å²) >= 11 is 0.